The van der Waals surface area contributed by atoms with Crippen LogP contribution in [0.1, 0.15) is 19.8 Å². The van der Waals surface area contributed by atoms with Gasteiger partial charge in [0, 0.05) is 6.07 Å². The van der Waals surface area contributed by atoms with Gasteiger partial charge >= 0.3 is 0 Å². The zero-order chi connectivity index (χ0) is 11.7. The normalized spacial score (nSPS) is 18.7. The molecule has 86 valence electrons. The maximum absolute atomic E-state index is 13.4. The third-order valence-electron chi connectivity index (χ3n) is 2.54. The van der Waals surface area contributed by atoms with Crippen LogP contribution < -0.4 is 10.6 Å². The summed E-state index contributed by atoms with van der Waals surface area (Å²) in [4.78, 5) is 11.7. The first kappa shape index (κ1) is 11.6. The van der Waals surface area contributed by atoms with Gasteiger partial charge in [-0.1, -0.05) is 13.3 Å². The second-order valence-corrected chi connectivity index (χ2v) is 4.95. The van der Waals surface area contributed by atoms with Gasteiger partial charge in [-0.05, 0) is 35.1 Å². The van der Waals surface area contributed by atoms with E-state index in [0.717, 1.165) is 12.8 Å². The fourth-order valence-electron chi connectivity index (χ4n) is 1.73. The number of halogens is 2. The van der Waals surface area contributed by atoms with E-state index in [-0.39, 0.29) is 17.8 Å². The van der Waals surface area contributed by atoms with Gasteiger partial charge in [-0.2, -0.15) is 0 Å². The summed E-state index contributed by atoms with van der Waals surface area (Å²) in [5.74, 6) is -0.310. The summed E-state index contributed by atoms with van der Waals surface area (Å²) < 4.78 is 13.9. The van der Waals surface area contributed by atoms with Gasteiger partial charge in [-0.25, -0.2) is 4.39 Å². The Hall–Kier alpha value is -0.850. The van der Waals surface area contributed by atoms with E-state index in [1.807, 2.05) is 29.5 Å². The second kappa shape index (κ2) is 4.57. The van der Waals surface area contributed by atoms with Crippen LogP contribution in [0.25, 0.3) is 0 Å². The smallest absolute Gasteiger partial charge is 0.246 e. The lowest BCUT2D eigenvalue weighted by Crippen LogP contribution is -2.38. The summed E-state index contributed by atoms with van der Waals surface area (Å²) in [6, 6.07) is 2.81. The largest absolute Gasteiger partial charge is 0.372 e. The first-order valence-corrected chi connectivity index (χ1v) is 6.26. The highest BCUT2D eigenvalue weighted by molar-refractivity contribution is 14.1. The number of hydrogen-bond acceptors (Lipinski definition) is 2. The van der Waals surface area contributed by atoms with E-state index in [1.54, 1.807) is 6.07 Å². The molecule has 16 heavy (non-hydrogen) atoms. The number of amides is 1. The van der Waals surface area contributed by atoms with Crippen molar-refractivity contribution < 1.29 is 9.18 Å². The Morgan fingerprint density at radius 2 is 2.19 bits per heavy atom. The Morgan fingerprint density at radius 3 is 2.88 bits per heavy atom. The number of carbonyl (C=O) groups is 1. The monoisotopic (exact) mass is 334 g/mol. The van der Waals surface area contributed by atoms with Crippen LogP contribution in [-0.2, 0) is 4.79 Å². The van der Waals surface area contributed by atoms with Crippen LogP contribution in [0, 0.1) is 9.39 Å². The highest BCUT2D eigenvalue weighted by Gasteiger charge is 2.25. The van der Waals surface area contributed by atoms with E-state index in [4.69, 9.17) is 0 Å². The van der Waals surface area contributed by atoms with E-state index in [9.17, 15) is 9.18 Å². The minimum absolute atomic E-state index is 0.0447. The molecule has 2 rings (SSSR count). The van der Waals surface area contributed by atoms with Crippen molar-refractivity contribution in [2.24, 2.45) is 0 Å². The molecule has 5 heteroatoms. The molecule has 0 bridgehead atoms. The van der Waals surface area contributed by atoms with Crippen LogP contribution in [0.2, 0.25) is 0 Å². The van der Waals surface area contributed by atoms with Crippen LogP contribution in [0.15, 0.2) is 12.1 Å². The van der Waals surface area contributed by atoms with Gasteiger partial charge in [-0.3, -0.25) is 4.79 Å². The first-order chi connectivity index (χ1) is 7.61. The molecule has 3 nitrogen and oxygen atoms in total. The molecule has 1 aliphatic rings. The average molecular weight is 334 g/mol. The minimum atomic E-state index is -0.266. The summed E-state index contributed by atoms with van der Waals surface area (Å²) in [6.45, 7) is 2.01. The number of carbonyl (C=O) groups excluding carboxylic acids is 1. The number of fused-ring (bicyclic) bond motifs is 1. The molecule has 0 spiro atoms. The lowest BCUT2D eigenvalue weighted by molar-refractivity contribution is -0.117. The van der Waals surface area contributed by atoms with Gasteiger partial charge in [0.05, 0.1) is 14.9 Å². The molecule has 0 radical (unpaired) electrons. The van der Waals surface area contributed by atoms with Gasteiger partial charge < -0.3 is 10.6 Å². The van der Waals surface area contributed by atoms with Gasteiger partial charge in [-0.15, -0.1) is 0 Å². The van der Waals surface area contributed by atoms with Gasteiger partial charge in [0.25, 0.3) is 0 Å². The van der Waals surface area contributed by atoms with Crippen molar-refractivity contribution in [3.05, 3.63) is 21.5 Å². The molecule has 1 amide bonds. The highest BCUT2D eigenvalue weighted by atomic mass is 127. The summed E-state index contributed by atoms with van der Waals surface area (Å²) >= 11 is 1.91. The number of anilines is 2. The SMILES string of the molecule is CCCC1Nc2cc(F)c(I)cc2NC1=O. The Balaban J connectivity index is 2.32. The maximum Gasteiger partial charge on any atom is 0.246 e. The molecule has 2 N–H and O–H groups in total. The third kappa shape index (κ3) is 2.14. The molecular weight excluding hydrogens is 322 g/mol. The first-order valence-electron chi connectivity index (χ1n) is 5.18. The highest BCUT2D eigenvalue weighted by Crippen LogP contribution is 2.31. The minimum Gasteiger partial charge on any atom is -0.372 e. The van der Waals surface area contributed by atoms with E-state index in [1.165, 1.54) is 6.07 Å². The number of hydrogen-bond donors (Lipinski definition) is 2. The number of benzene rings is 1. The molecule has 0 fully saturated rings. The average Bonchev–Trinajstić information content (AvgIpc) is 2.23. The number of rotatable bonds is 2. The molecule has 1 heterocycles. The van der Waals surface area contributed by atoms with Crippen LogP contribution in [-0.4, -0.2) is 11.9 Å². The molecule has 0 aromatic heterocycles. The second-order valence-electron chi connectivity index (χ2n) is 3.79. The molecule has 0 saturated carbocycles. The van der Waals surface area contributed by atoms with Crippen molar-refractivity contribution in [3.63, 3.8) is 0 Å². The maximum atomic E-state index is 13.4. The van der Waals surface area contributed by atoms with E-state index >= 15 is 0 Å². The van der Waals surface area contributed by atoms with Gasteiger partial charge in [0.1, 0.15) is 11.9 Å². The summed E-state index contributed by atoms with van der Waals surface area (Å²) in [6.07, 6.45) is 1.66. The number of nitrogens with one attached hydrogen (secondary N) is 2. The van der Waals surface area contributed by atoms with E-state index in [0.29, 0.717) is 14.9 Å². The topological polar surface area (TPSA) is 41.1 Å². The molecule has 1 aromatic rings. The standard InChI is InChI=1S/C11H12FIN2O/c1-2-3-8-11(16)15-10-5-7(13)6(12)4-9(10)14-8/h4-5,8,14H,2-3H2,1H3,(H,15,16). The molecule has 0 aliphatic carbocycles. The van der Waals surface area contributed by atoms with Crippen molar-refractivity contribution in [3.8, 4) is 0 Å². The van der Waals surface area contributed by atoms with E-state index < -0.39 is 0 Å². The van der Waals surface area contributed by atoms with Crippen molar-refractivity contribution in [1.82, 2.24) is 0 Å². The summed E-state index contributed by atoms with van der Waals surface area (Å²) in [5.41, 5.74) is 1.32. The molecular formula is C11H12FIN2O. The van der Waals surface area contributed by atoms with Crippen LogP contribution in [0.3, 0.4) is 0 Å². The fraction of sp³-hybridized carbons (Fsp3) is 0.364. The van der Waals surface area contributed by atoms with Gasteiger partial charge in [0.2, 0.25) is 5.91 Å². The summed E-state index contributed by atoms with van der Waals surface area (Å²) in [7, 11) is 0. The fourth-order valence-corrected chi connectivity index (χ4v) is 2.20. The lowest BCUT2D eigenvalue weighted by atomic mass is 10.1. The zero-order valence-corrected chi connectivity index (χ0v) is 11.0. The quantitative estimate of drug-likeness (QED) is 0.817. The van der Waals surface area contributed by atoms with E-state index in [2.05, 4.69) is 10.6 Å². The van der Waals surface area contributed by atoms with Gasteiger partial charge in [0.15, 0.2) is 0 Å². The Kier molecular flexibility index (Phi) is 3.32. The van der Waals surface area contributed by atoms with Crippen molar-refractivity contribution in [1.29, 1.82) is 0 Å². The predicted molar refractivity (Wildman–Crippen MR) is 70.1 cm³/mol. The van der Waals surface area contributed by atoms with Crippen LogP contribution in [0.4, 0.5) is 15.8 Å². The molecule has 1 atom stereocenters. The van der Waals surface area contributed by atoms with Crippen LogP contribution in [0.5, 0.6) is 0 Å². The summed E-state index contributed by atoms with van der Waals surface area (Å²) in [5, 5.41) is 5.85. The Bertz CT molecular complexity index is 436. The van der Waals surface area contributed by atoms with Crippen molar-refractivity contribution in [2.45, 2.75) is 25.8 Å². The van der Waals surface area contributed by atoms with Crippen molar-refractivity contribution >= 4 is 39.9 Å². The van der Waals surface area contributed by atoms with Crippen LogP contribution >= 0.6 is 22.6 Å². The lowest BCUT2D eigenvalue weighted by Gasteiger charge is -2.26. The Morgan fingerprint density at radius 1 is 1.44 bits per heavy atom. The molecule has 1 unspecified atom stereocenters. The molecule has 1 aliphatic heterocycles. The molecule has 0 saturated heterocycles. The third-order valence-corrected chi connectivity index (χ3v) is 3.37. The Labute approximate surface area is 107 Å². The predicted octanol–water partition coefficient (Wildman–Crippen LogP) is 2.96. The molecule has 1 aromatic carbocycles. The zero-order valence-electron chi connectivity index (χ0n) is 8.81. The van der Waals surface area contributed by atoms with Crippen molar-refractivity contribution in [2.75, 3.05) is 10.6 Å².